The Morgan fingerprint density at radius 3 is 2.58 bits per heavy atom. The Hall–Kier alpha value is -3.12. The number of rotatable bonds is 3. The summed E-state index contributed by atoms with van der Waals surface area (Å²) in [6.45, 7) is 2.39. The van der Waals surface area contributed by atoms with Gasteiger partial charge in [-0.1, -0.05) is 54.6 Å². The molecule has 0 spiro atoms. The molecule has 3 nitrogen and oxygen atoms in total. The summed E-state index contributed by atoms with van der Waals surface area (Å²) >= 11 is 0. The maximum absolute atomic E-state index is 9.77. The van der Waals surface area contributed by atoms with Gasteiger partial charge in [0.2, 0.25) is 5.88 Å². The van der Waals surface area contributed by atoms with Crippen molar-refractivity contribution in [1.29, 1.82) is 5.26 Å². The molecule has 0 aliphatic heterocycles. The molecule has 0 saturated carbocycles. The summed E-state index contributed by atoms with van der Waals surface area (Å²) in [7, 11) is 0. The summed E-state index contributed by atoms with van der Waals surface area (Å²) in [6, 6.07) is 20.6. The quantitative estimate of drug-likeness (QED) is 0.556. The summed E-state index contributed by atoms with van der Waals surface area (Å²) in [4.78, 5) is 4.70. The van der Waals surface area contributed by atoms with Crippen molar-refractivity contribution in [2.75, 3.05) is 6.61 Å². The van der Waals surface area contributed by atoms with Crippen LogP contribution in [0.1, 0.15) is 23.6 Å². The topological polar surface area (TPSA) is 45.9 Å². The van der Waals surface area contributed by atoms with Gasteiger partial charge in [-0.05, 0) is 23.6 Å². The Morgan fingerprint density at radius 2 is 1.83 bits per heavy atom. The van der Waals surface area contributed by atoms with Crippen LogP contribution in [0.15, 0.2) is 54.6 Å². The second-order valence-corrected chi connectivity index (χ2v) is 5.74. The van der Waals surface area contributed by atoms with Gasteiger partial charge in [0.1, 0.15) is 11.6 Å². The van der Waals surface area contributed by atoms with Gasteiger partial charge >= 0.3 is 0 Å². The SMILES string of the molecule is CCOc1nc2c(c(-c3ccccc3)c1C#N)Cc1ccccc1-2. The van der Waals surface area contributed by atoms with E-state index in [0.717, 1.165) is 34.4 Å². The van der Waals surface area contributed by atoms with Crippen molar-refractivity contribution < 1.29 is 4.74 Å². The summed E-state index contributed by atoms with van der Waals surface area (Å²) in [6.07, 6.45) is 0.795. The summed E-state index contributed by atoms with van der Waals surface area (Å²) in [5.74, 6) is 0.425. The molecule has 1 aliphatic rings. The first-order valence-electron chi connectivity index (χ1n) is 8.07. The average molecular weight is 312 g/mol. The minimum atomic E-state index is 0.425. The molecule has 3 aromatic rings. The van der Waals surface area contributed by atoms with Crippen LogP contribution in [0, 0.1) is 11.3 Å². The second-order valence-electron chi connectivity index (χ2n) is 5.74. The second kappa shape index (κ2) is 5.82. The number of nitrogens with zero attached hydrogens (tertiary/aromatic N) is 2. The van der Waals surface area contributed by atoms with Crippen LogP contribution in [0.3, 0.4) is 0 Å². The van der Waals surface area contributed by atoms with Crippen molar-refractivity contribution in [3.8, 4) is 34.3 Å². The van der Waals surface area contributed by atoms with Crippen LogP contribution in [-0.2, 0) is 6.42 Å². The van der Waals surface area contributed by atoms with E-state index in [1.54, 1.807) is 0 Å². The third kappa shape index (κ3) is 2.16. The number of pyridine rings is 1. The molecule has 0 fully saturated rings. The van der Waals surface area contributed by atoms with Crippen LogP contribution < -0.4 is 4.74 Å². The fraction of sp³-hybridized carbons (Fsp3) is 0.143. The highest BCUT2D eigenvalue weighted by Crippen LogP contribution is 2.44. The average Bonchev–Trinajstić information content (AvgIpc) is 3.00. The van der Waals surface area contributed by atoms with Gasteiger partial charge in [-0.15, -0.1) is 0 Å². The molecule has 3 heteroatoms. The van der Waals surface area contributed by atoms with Crippen molar-refractivity contribution in [1.82, 2.24) is 4.98 Å². The van der Waals surface area contributed by atoms with E-state index in [4.69, 9.17) is 9.72 Å². The zero-order valence-corrected chi connectivity index (χ0v) is 13.4. The number of fused-ring (bicyclic) bond motifs is 3. The minimum Gasteiger partial charge on any atom is -0.477 e. The van der Waals surface area contributed by atoms with Crippen LogP contribution >= 0.6 is 0 Å². The predicted octanol–water partition coefficient (Wildman–Crippen LogP) is 4.59. The molecular weight excluding hydrogens is 296 g/mol. The Kier molecular flexibility index (Phi) is 3.51. The van der Waals surface area contributed by atoms with Crippen LogP contribution in [-0.4, -0.2) is 11.6 Å². The first-order chi connectivity index (χ1) is 11.8. The van der Waals surface area contributed by atoms with Crippen molar-refractivity contribution in [3.05, 3.63) is 71.3 Å². The molecule has 116 valence electrons. The van der Waals surface area contributed by atoms with E-state index in [2.05, 4.69) is 18.2 Å². The Balaban J connectivity index is 2.06. The van der Waals surface area contributed by atoms with E-state index in [9.17, 15) is 5.26 Å². The van der Waals surface area contributed by atoms with Crippen molar-refractivity contribution in [2.24, 2.45) is 0 Å². The lowest BCUT2D eigenvalue weighted by Crippen LogP contribution is -2.03. The predicted molar refractivity (Wildman–Crippen MR) is 93.8 cm³/mol. The number of ether oxygens (including phenoxy) is 1. The zero-order chi connectivity index (χ0) is 16.5. The molecule has 0 atom stereocenters. The Bertz CT molecular complexity index is 956. The van der Waals surface area contributed by atoms with Crippen LogP contribution in [0.25, 0.3) is 22.4 Å². The molecule has 1 aliphatic carbocycles. The standard InChI is InChI=1S/C21H16N2O/c1-2-24-21-18(13-22)19(14-8-4-3-5-9-14)17-12-15-10-6-7-11-16(15)20(17)23-21/h3-11H,2,12H2,1H3. The third-order valence-corrected chi connectivity index (χ3v) is 4.36. The monoisotopic (exact) mass is 312 g/mol. The molecule has 0 radical (unpaired) electrons. The highest BCUT2D eigenvalue weighted by Gasteiger charge is 2.28. The van der Waals surface area contributed by atoms with Gasteiger partial charge in [-0.2, -0.15) is 5.26 Å². The third-order valence-electron chi connectivity index (χ3n) is 4.36. The van der Waals surface area contributed by atoms with Gasteiger partial charge in [0.05, 0.1) is 12.3 Å². The molecule has 0 unspecified atom stereocenters. The Morgan fingerprint density at radius 1 is 1.08 bits per heavy atom. The first-order valence-corrected chi connectivity index (χ1v) is 8.07. The molecule has 1 heterocycles. The van der Waals surface area contributed by atoms with E-state index in [1.165, 1.54) is 5.56 Å². The lowest BCUT2D eigenvalue weighted by molar-refractivity contribution is 0.326. The van der Waals surface area contributed by atoms with Crippen molar-refractivity contribution in [2.45, 2.75) is 13.3 Å². The molecule has 4 rings (SSSR count). The van der Waals surface area contributed by atoms with E-state index >= 15 is 0 Å². The van der Waals surface area contributed by atoms with E-state index < -0.39 is 0 Å². The smallest absolute Gasteiger partial charge is 0.232 e. The largest absolute Gasteiger partial charge is 0.477 e. The zero-order valence-electron chi connectivity index (χ0n) is 13.4. The molecule has 0 amide bonds. The number of hydrogen-bond donors (Lipinski definition) is 0. The van der Waals surface area contributed by atoms with E-state index in [1.807, 2.05) is 49.4 Å². The molecule has 0 saturated heterocycles. The number of aromatic nitrogens is 1. The highest BCUT2D eigenvalue weighted by atomic mass is 16.5. The molecule has 2 aromatic carbocycles. The first kappa shape index (κ1) is 14.5. The fourth-order valence-electron chi connectivity index (χ4n) is 3.36. The molecule has 0 bridgehead atoms. The van der Waals surface area contributed by atoms with Crippen LogP contribution in [0.4, 0.5) is 0 Å². The van der Waals surface area contributed by atoms with E-state index in [0.29, 0.717) is 18.1 Å². The van der Waals surface area contributed by atoms with Crippen LogP contribution in [0.2, 0.25) is 0 Å². The lowest BCUT2D eigenvalue weighted by Gasteiger charge is -2.14. The Labute approximate surface area is 141 Å². The highest BCUT2D eigenvalue weighted by molar-refractivity contribution is 5.86. The van der Waals surface area contributed by atoms with Gasteiger partial charge in [-0.25, -0.2) is 4.98 Å². The van der Waals surface area contributed by atoms with Gasteiger partial charge in [0, 0.05) is 17.5 Å². The number of benzene rings is 2. The number of hydrogen-bond acceptors (Lipinski definition) is 3. The lowest BCUT2D eigenvalue weighted by atomic mass is 9.94. The maximum atomic E-state index is 9.77. The summed E-state index contributed by atoms with van der Waals surface area (Å²) < 4.78 is 5.70. The molecule has 1 aromatic heterocycles. The molecule has 24 heavy (non-hydrogen) atoms. The van der Waals surface area contributed by atoms with Crippen molar-refractivity contribution in [3.63, 3.8) is 0 Å². The summed E-state index contributed by atoms with van der Waals surface area (Å²) in [5, 5.41) is 9.77. The molecule has 0 N–H and O–H groups in total. The minimum absolute atomic E-state index is 0.425. The van der Waals surface area contributed by atoms with Gasteiger partial charge in [-0.3, -0.25) is 0 Å². The normalized spacial score (nSPS) is 11.5. The van der Waals surface area contributed by atoms with E-state index in [-0.39, 0.29) is 0 Å². The number of nitriles is 1. The maximum Gasteiger partial charge on any atom is 0.232 e. The molecular formula is C21H16N2O. The summed E-state index contributed by atoms with van der Waals surface area (Å²) in [5.41, 5.74) is 6.93. The van der Waals surface area contributed by atoms with Crippen molar-refractivity contribution >= 4 is 0 Å². The van der Waals surface area contributed by atoms with Gasteiger partial charge in [0.15, 0.2) is 0 Å². The van der Waals surface area contributed by atoms with Crippen LogP contribution in [0.5, 0.6) is 5.88 Å². The van der Waals surface area contributed by atoms with Gasteiger partial charge in [0.25, 0.3) is 0 Å². The fourth-order valence-corrected chi connectivity index (χ4v) is 3.36. The van der Waals surface area contributed by atoms with Gasteiger partial charge < -0.3 is 4.74 Å².